The predicted molar refractivity (Wildman–Crippen MR) is 76.5 cm³/mol. The number of anilines is 1. The van der Waals surface area contributed by atoms with Gasteiger partial charge in [0.2, 0.25) is 0 Å². The molecule has 1 fully saturated rings. The second kappa shape index (κ2) is 6.82. The third-order valence-electron chi connectivity index (χ3n) is 3.31. The van der Waals surface area contributed by atoms with E-state index in [2.05, 4.69) is 41.0 Å². The van der Waals surface area contributed by atoms with Crippen molar-refractivity contribution in [3.05, 3.63) is 18.1 Å². The Bertz CT molecular complexity index is 391. The van der Waals surface area contributed by atoms with E-state index in [1.807, 2.05) is 6.07 Å². The van der Waals surface area contributed by atoms with Crippen molar-refractivity contribution in [3.63, 3.8) is 0 Å². The number of aromatic nitrogens is 2. The van der Waals surface area contributed by atoms with Gasteiger partial charge >= 0.3 is 0 Å². The molecule has 2 rings (SSSR count). The molecule has 1 N–H and O–H groups in total. The average Bonchev–Trinajstić information content (AvgIpc) is 2.40. The van der Waals surface area contributed by atoms with Gasteiger partial charge in [-0.05, 0) is 12.8 Å². The molecule has 1 aromatic heterocycles. The smallest absolute Gasteiger partial charge is 0.129 e. The molecule has 5 heteroatoms. The molecule has 0 bridgehead atoms. The minimum atomic E-state index is 0.369. The Morgan fingerprint density at radius 1 is 1.26 bits per heavy atom. The van der Waals surface area contributed by atoms with Crippen molar-refractivity contribution in [1.29, 1.82) is 0 Å². The lowest BCUT2D eigenvalue weighted by atomic mass is 10.1. The largest absolute Gasteiger partial charge is 0.379 e. The van der Waals surface area contributed by atoms with Gasteiger partial charge in [0.05, 0.1) is 13.2 Å². The zero-order valence-corrected chi connectivity index (χ0v) is 12.1. The summed E-state index contributed by atoms with van der Waals surface area (Å²) >= 11 is 0. The van der Waals surface area contributed by atoms with Crippen LogP contribution in [0.5, 0.6) is 0 Å². The van der Waals surface area contributed by atoms with Crippen LogP contribution in [0, 0.1) is 0 Å². The second-order valence-corrected chi connectivity index (χ2v) is 5.44. The fraction of sp³-hybridized carbons (Fsp3) is 0.714. The van der Waals surface area contributed by atoms with Gasteiger partial charge in [-0.1, -0.05) is 13.8 Å². The molecule has 5 nitrogen and oxygen atoms in total. The van der Waals surface area contributed by atoms with Crippen LogP contribution >= 0.6 is 0 Å². The maximum absolute atomic E-state index is 5.36. The molecule has 0 aromatic carbocycles. The molecule has 1 saturated heterocycles. The summed E-state index contributed by atoms with van der Waals surface area (Å²) in [6.45, 7) is 11.2. The van der Waals surface area contributed by atoms with Crippen LogP contribution in [0.2, 0.25) is 0 Å². The highest BCUT2D eigenvalue weighted by molar-refractivity contribution is 5.36. The molecule has 1 aliphatic rings. The Morgan fingerprint density at radius 3 is 2.68 bits per heavy atom. The first-order chi connectivity index (χ1) is 9.15. The van der Waals surface area contributed by atoms with E-state index in [0.29, 0.717) is 12.0 Å². The maximum Gasteiger partial charge on any atom is 0.129 e. The quantitative estimate of drug-likeness (QED) is 0.878. The molecular weight excluding hydrogens is 240 g/mol. The van der Waals surface area contributed by atoms with Crippen LogP contribution in [0.4, 0.5) is 5.82 Å². The van der Waals surface area contributed by atoms with Gasteiger partial charge in [-0.15, -0.1) is 0 Å². The first-order valence-corrected chi connectivity index (χ1v) is 7.03. The summed E-state index contributed by atoms with van der Waals surface area (Å²) in [5.41, 5.74) is 1.08. The maximum atomic E-state index is 5.36. The molecule has 0 saturated carbocycles. The normalized spacial score (nSPS) is 18.5. The number of nitrogens with one attached hydrogen (secondary N) is 1. The number of hydrogen-bond donors (Lipinski definition) is 1. The van der Waals surface area contributed by atoms with Crippen LogP contribution in [0.25, 0.3) is 0 Å². The van der Waals surface area contributed by atoms with E-state index in [0.717, 1.165) is 44.4 Å². The van der Waals surface area contributed by atoms with Gasteiger partial charge in [0.1, 0.15) is 12.1 Å². The Morgan fingerprint density at radius 2 is 2.00 bits per heavy atom. The van der Waals surface area contributed by atoms with E-state index in [1.165, 1.54) is 0 Å². The molecule has 1 unspecified atom stereocenters. The third kappa shape index (κ3) is 4.44. The summed E-state index contributed by atoms with van der Waals surface area (Å²) < 4.78 is 5.36. The first kappa shape index (κ1) is 14.2. The fourth-order valence-electron chi connectivity index (χ4n) is 2.24. The summed E-state index contributed by atoms with van der Waals surface area (Å²) in [4.78, 5) is 11.0. The molecule has 0 spiro atoms. The molecule has 2 heterocycles. The van der Waals surface area contributed by atoms with E-state index in [1.54, 1.807) is 6.33 Å². The minimum absolute atomic E-state index is 0.369. The fourth-order valence-corrected chi connectivity index (χ4v) is 2.24. The summed E-state index contributed by atoms with van der Waals surface area (Å²) in [6.07, 6.45) is 1.64. The third-order valence-corrected chi connectivity index (χ3v) is 3.31. The lowest BCUT2D eigenvalue weighted by molar-refractivity contribution is 0.0368. The lowest BCUT2D eigenvalue weighted by Gasteiger charge is -2.29. The number of hydrogen-bond acceptors (Lipinski definition) is 5. The minimum Gasteiger partial charge on any atom is -0.379 e. The molecular formula is C14H24N4O. The summed E-state index contributed by atoms with van der Waals surface area (Å²) in [5.74, 6) is 1.34. The van der Waals surface area contributed by atoms with Gasteiger partial charge in [-0.25, -0.2) is 9.97 Å². The van der Waals surface area contributed by atoms with E-state index in [-0.39, 0.29) is 0 Å². The Kier molecular flexibility index (Phi) is 5.10. The summed E-state index contributed by atoms with van der Waals surface area (Å²) in [6, 6.07) is 2.41. The van der Waals surface area contributed by atoms with E-state index >= 15 is 0 Å². The van der Waals surface area contributed by atoms with Crippen molar-refractivity contribution in [1.82, 2.24) is 14.9 Å². The van der Waals surface area contributed by atoms with Crippen molar-refractivity contribution in [2.75, 3.05) is 38.2 Å². The molecule has 0 amide bonds. The second-order valence-electron chi connectivity index (χ2n) is 5.44. The van der Waals surface area contributed by atoms with Crippen LogP contribution in [-0.4, -0.2) is 53.8 Å². The van der Waals surface area contributed by atoms with E-state index < -0.39 is 0 Å². The summed E-state index contributed by atoms with van der Waals surface area (Å²) in [5, 5.41) is 3.45. The van der Waals surface area contributed by atoms with Crippen molar-refractivity contribution >= 4 is 5.82 Å². The molecule has 1 aromatic rings. The van der Waals surface area contributed by atoms with Crippen molar-refractivity contribution in [3.8, 4) is 0 Å². The lowest BCUT2D eigenvalue weighted by Crippen LogP contribution is -2.42. The van der Waals surface area contributed by atoms with Gasteiger partial charge in [-0.2, -0.15) is 0 Å². The van der Waals surface area contributed by atoms with Gasteiger partial charge in [-0.3, -0.25) is 4.90 Å². The number of morpholine rings is 1. The monoisotopic (exact) mass is 264 g/mol. The SMILES string of the molecule is CC(CN1CCOCC1)Nc1cc(C(C)C)ncn1. The summed E-state index contributed by atoms with van der Waals surface area (Å²) in [7, 11) is 0. The number of nitrogens with zero attached hydrogens (tertiary/aromatic N) is 3. The standard InChI is InChI=1S/C14H24N4O/c1-11(2)13-8-14(16-10-15-13)17-12(3)9-18-4-6-19-7-5-18/h8,10-12H,4-7,9H2,1-3H3,(H,15,16,17). The molecule has 0 aliphatic carbocycles. The van der Waals surface area contributed by atoms with E-state index in [9.17, 15) is 0 Å². The zero-order chi connectivity index (χ0) is 13.7. The molecule has 106 valence electrons. The number of rotatable bonds is 5. The van der Waals surface area contributed by atoms with Crippen LogP contribution in [0.15, 0.2) is 12.4 Å². The van der Waals surface area contributed by atoms with Gasteiger partial charge < -0.3 is 10.1 Å². The highest BCUT2D eigenvalue weighted by Gasteiger charge is 2.14. The first-order valence-electron chi connectivity index (χ1n) is 7.03. The Balaban J connectivity index is 1.87. The average molecular weight is 264 g/mol. The highest BCUT2D eigenvalue weighted by atomic mass is 16.5. The van der Waals surface area contributed by atoms with Crippen LogP contribution in [0.1, 0.15) is 32.4 Å². The predicted octanol–water partition coefficient (Wildman–Crippen LogP) is 1.73. The van der Waals surface area contributed by atoms with Crippen LogP contribution in [-0.2, 0) is 4.74 Å². The van der Waals surface area contributed by atoms with Crippen LogP contribution in [0.3, 0.4) is 0 Å². The molecule has 19 heavy (non-hydrogen) atoms. The topological polar surface area (TPSA) is 50.3 Å². The van der Waals surface area contributed by atoms with Crippen LogP contribution < -0.4 is 5.32 Å². The molecule has 1 aliphatic heterocycles. The van der Waals surface area contributed by atoms with Crippen molar-refractivity contribution in [2.24, 2.45) is 0 Å². The Hall–Kier alpha value is -1.20. The highest BCUT2D eigenvalue weighted by Crippen LogP contribution is 2.14. The van der Waals surface area contributed by atoms with Crippen molar-refractivity contribution in [2.45, 2.75) is 32.7 Å². The number of ether oxygens (including phenoxy) is 1. The Labute approximate surface area is 115 Å². The van der Waals surface area contributed by atoms with Gasteiger partial charge in [0.25, 0.3) is 0 Å². The van der Waals surface area contributed by atoms with E-state index in [4.69, 9.17) is 4.74 Å². The molecule has 0 radical (unpaired) electrons. The zero-order valence-electron chi connectivity index (χ0n) is 12.1. The molecule has 1 atom stereocenters. The van der Waals surface area contributed by atoms with Gasteiger partial charge in [0, 0.05) is 37.4 Å². The van der Waals surface area contributed by atoms with Crippen molar-refractivity contribution < 1.29 is 4.74 Å². The van der Waals surface area contributed by atoms with Gasteiger partial charge in [0.15, 0.2) is 0 Å².